The molecule has 4 aromatic rings. The fraction of sp³-hybridized carbons (Fsp3) is 0.250. The predicted octanol–water partition coefficient (Wildman–Crippen LogP) is 5.50. The Kier molecular flexibility index (Phi) is 6.89. The van der Waals surface area contributed by atoms with Gasteiger partial charge >= 0.3 is 0 Å². The van der Waals surface area contributed by atoms with Gasteiger partial charge in [-0.25, -0.2) is 4.98 Å². The molecule has 7 heteroatoms. The van der Waals surface area contributed by atoms with E-state index in [0.29, 0.717) is 19.6 Å². The van der Waals surface area contributed by atoms with Gasteiger partial charge in [0.05, 0.1) is 22.5 Å². The third-order valence-electron chi connectivity index (χ3n) is 5.04. The molecule has 0 aliphatic heterocycles. The van der Waals surface area contributed by atoms with Crippen LogP contribution in [0, 0.1) is 6.92 Å². The molecule has 0 aliphatic rings. The number of imidazole rings is 1. The number of nitrogens with zero attached hydrogens (tertiary/aromatic N) is 2. The van der Waals surface area contributed by atoms with Crippen molar-refractivity contribution in [2.24, 2.45) is 0 Å². The molecule has 4 rings (SSSR count). The van der Waals surface area contributed by atoms with E-state index in [1.807, 2.05) is 60.8 Å². The number of carbonyl (C=O) groups is 1. The summed E-state index contributed by atoms with van der Waals surface area (Å²) in [6.07, 6.45) is 1.51. The summed E-state index contributed by atoms with van der Waals surface area (Å²) >= 11 is 7.52. The van der Waals surface area contributed by atoms with Crippen LogP contribution < -0.4 is 10.1 Å². The Hall–Kier alpha value is -2.83. The number of ether oxygens (including phenoxy) is 1. The fourth-order valence-corrected chi connectivity index (χ4v) is 4.23. The minimum absolute atomic E-state index is 0.0377. The van der Waals surface area contributed by atoms with Crippen molar-refractivity contribution >= 4 is 39.9 Å². The standard InChI is InChI=1S/C24H24ClN3O2S/c1-17-16-18(9-10-19(17)25)30-14-5-13-28-21-7-3-2-6-20(21)27-23(28)11-12-26-24(29)22-8-4-15-31-22/h2-4,6-10,15-16H,5,11-14H2,1H3,(H,26,29). The van der Waals surface area contributed by atoms with Crippen molar-refractivity contribution in [1.82, 2.24) is 14.9 Å². The van der Waals surface area contributed by atoms with Crippen LogP contribution in [0.4, 0.5) is 0 Å². The number of aromatic nitrogens is 2. The maximum absolute atomic E-state index is 12.2. The Morgan fingerprint density at radius 3 is 2.87 bits per heavy atom. The molecule has 0 aliphatic carbocycles. The molecule has 0 saturated carbocycles. The van der Waals surface area contributed by atoms with Crippen LogP contribution in [0.15, 0.2) is 60.0 Å². The normalized spacial score (nSPS) is 11.0. The zero-order valence-electron chi connectivity index (χ0n) is 17.3. The molecule has 2 heterocycles. The van der Waals surface area contributed by atoms with Crippen LogP contribution in [0.5, 0.6) is 5.75 Å². The van der Waals surface area contributed by atoms with Crippen molar-refractivity contribution < 1.29 is 9.53 Å². The summed E-state index contributed by atoms with van der Waals surface area (Å²) < 4.78 is 8.12. The van der Waals surface area contributed by atoms with Gasteiger partial charge in [0.15, 0.2) is 0 Å². The van der Waals surface area contributed by atoms with Crippen LogP contribution >= 0.6 is 22.9 Å². The molecule has 5 nitrogen and oxygen atoms in total. The van der Waals surface area contributed by atoms with Gasteiger partial charge in [0.1, 0.15) is 11.6 Å². The Balaban J connectivity index is 1.37. The lowest BCUT2D eigenvalue weighted by atomic mass is 10.2. The van der Waals surface area contributed by atoms with Crippen LogP contribution in [0.1, 0.15) is 27.5 Å². The third-order valence-corrected chi connectivity index (χ3v) is 6.33. The van der Waals surface area contributed by atoms with Crippen molar-refractivity contribution in [3.05, 3.63) is 81.3 Å². The zero-order chi connectivity index (χ0) is 21.6. The maximum Gasteiger partial charge on any atom is 0.261 e. The van der Waals surface area contributed by atoms with Crippen LogP contribution in [0.3, 0.4) is 0 Å². The van der Waals surface area contributed by atoms with Crippen LogP contribution in [-0.2, 0) is 13.0 Å². The number of hydrogen-bond acceptors (Lipinski definition) is 4. The van der Waals surface area contributed by atoms with E-state index in [0.717, 1.165) is 51.0 Å². The molecule has 0 unspecified atom stereocenters. The van der Waals surface area contributed by atoms with Crippen LogP contribution in [-0.4, -0.2) is 28.6 Å². The number of rotatable bonds is 9. The number of thiophene rings is 1. The number of carbonyl (C=O) groups excluding carboxylic acids is 1. The van der Waals surface area contributed by atoms with Crippen LogP contribution in [0.25, 0.3) is 11.0 Å². The van der Waals surface area contributed by atoms with Crippen molar-refractivity contribution in [2.45, 2.75) is 26.3 Å². The first-order valence-electron chi connectivity index (χ1n) is 10.3. The van der Waals surface area contributed by atoms with Gasteiger partial charge in [0.2, 0.25) is 0 Å². The van der Waals surface area contributed by atoms with Crippen molar-refractivity contribution in [3.63, 3.8) is 0 Å². The highest BCUT2D eigenvalue weighted by Crippen LogP contribution is 2.21. The molecular formula is C24H24ClN3O2S. The van der Waals surface area contributed by atoms with Crippen molar-refractivity contribution in [3.8, 4) is 5.75 Å². The first kappa shape index (κ1) is 21.4. The Morgan fingerprint density at radius 1 is 1.19 bits per heavy atom. The van der Waals surface area contributed by atoms with E-state index in [2.05, 4.69) is 16.0 Å². The lowest BCUT2D eigenvalue weighted by Gasteiger charge is -2.11. The van der Waals surface area contributed by atoms with Gasteiger partial charge in [-0.3, -0.25) is 4.79 Å². The average Bonchev–Trinajstić information content (AvgIpc) is 3.42. The molecule has 1 amide bonds. The molecule has 0 radical (unpaired) electrons. The second-order valence-corrected chi connectivity index (χ2v) is 8.62. The number of halogens is 1. The summed E-state index contributed by atoms with van der Waals surface area (Å²) in [5.41, 5.74) is 3.08. The first-order valence-corrected chi connectivity index (χ1v) is 11.5. The molecule has 0 saturated heterocycles. The fourth-order valence-electron chi connectivity index (χ4n) is 3.47. The number of aryl methyl sites for hydroxylation is 2. The second kappa shape index (κ2) is 9.98. The predicted molar refractivity (Wildman–Crippen MR) is 126 cm³/mol. The molecular weight excluding hydrogens is 430 g/mol. The van der Waals surface area contributed by atoms with Gasteiger partial charge in [-0.2, -0.15) is 0 Å². The number of hydrogen-bond donors (Lipinski definition) is 1. The van der Waals surface area contributed by atoms with Gasteiger partial charge in [-0.15, -0.1) is 11.3 Å². The SMILES string of the molecule is Cc1cc(OCCCn2c(CCNC(=O)c3cccs3)nc3ccccc32)ccc1Cl. The molecule has 2 aromatic heterocycles. The zero-order valence-corrected chi connectivity index (χ0v) is 18.9. The summed E-state index contributed by atoms with van der Waals surface area (Å²) in [4.78, 5) is 17.7. The highest BCUT2D eigenvalue weighted by molar-refractivity contribution is 7.12. The van der Waals surface area contributed by atoms with Crippen molar-refractivity contribution in [1.29, 1.82) is 0 Å². The van der Waals surface area contributed by atoms with Crippen LogP contribution in [0.2, 0.25) is 5.02 Å². The van der Waals surface area contributed by atoms with E-state index < -0.39 is 0 Å². The average molecular weight is 454 g/mol. The van der Waals surface area contributed by atoms with Gasteiger partial charge < -0.3 is 14.6 Å². The molecule has 0 bridgehead atoms. The molecule has 31 heavy (non-hydrogen) atoms. The number of benzene rings is 2. The lowest BCUT2D eigenvalue weighted by molar-refractivity contribution is 0.0958. The minimum atomic E-state index is -0.0377. The highest BCUT2D eigenvalue weighted by Gasteiger charge is 2.12. The molecule has 2 aromatic carbocycles. The number of fused-ring (bicyclic) bond motifs is 1. The smallest absolute Gasteiger partial charge is 0.261 e. The summed E-state index contributed by atoms with van der Waals surface area (Å²) in [5.74, 6) is 1.76. The van der Waals surface area contributed by atoms with E-state index in [9.17, 15) is 4.79 Å². The molecule has 160 valence electrons. The van der Waals surface area contributed by atoms with E-state index >= 15 is 0 Å². The molecule has 0 spiro atoms. The highest BCUT2D eigenvalue weighted by atomic mass is 35.5. The van der Waals surface area contributed by atoms with Gasteiger partial charge in [-0.1, -0.05) is 29.8 Å². The molecule has 0 fully saturated rings. The van der Waals surface area contributed by atoms with E-state index in [4.69, 9.17) is 21.3 Å². The van der Waals surface area contributed by atoms with E-state index in [1.165, 1.54) is 11.3 Å². The summed E-state index contributed by atoms with van der Waals surface area (Å²) in [7, 11) is 0. The Bertz CT molecular complexity index is 1170. The van der Waals surface area contributed by atoms with Gasteiger partial charge in [0, 0.05) is 24.5 Å². The summed E-state index contributed by atoms with van der Waals surface area (Å²) in [6.45, 7) is 3.90. The number of nitrogens with one attached hydrogen (secondary N) is 1. The number of amides is 1. The Morgan fingerprint density at radius 2 is 2.06 bits per heavy atom. The molecule has 1 N–H and O–H groups in total. The van der Waals surface area contributed by atoms with E-state index in [1.54, 1.807) is 0 Å². The topological polar surface area (TPSA) is 56.1 Å². The van der Waals surface area contributed by atoms with E-state index in [-0.39, 0.29) is 5.91 Å². The lowest BCUT2D eigenvalue weighted by Crippen LogP contribution is -2.25. The largest absolute Gasteiger partial charge is 0.494 e. The number of para-hydroxylation sites is 2. The summed E-state index contributed by atoms with van der Waals surface area (Å²) in [5, 5.41) is 5.63. The Labute approximate surface area is 190 Å². The third kappa shape index (κ3) is 5.27. The van der Waals surface area contributed by atoms with Gasteiger partial charge in [-0.05, 0) is 60.7 Å². The van der Waals surface area contributed by atoms with Gasteiger partial charge in [0.25, 0.3) is 5.91 Å². The minimum Gasteiger partial charge on any atom is -0.494 e. The quantitative estimate of drug-likeness (QED) is 0.340. The monoisotopic (exact) mass is 453 g/mol. The first-order chi connectivity index (χ1) is 15.1. The van der Waals surface area contributed by atoms with Crippen molar-refractivity contribution in [2.75, 3.05) is 13.2 Å². The second-order valence-electron chi connectivity index (χ2n) is 7.26. The molecule has 0 atom stereocenters. The summed E-state index contributed by atoms with van der Waals surface area (Å²) in [6, 6.07) is 17.5. The maximum atomic E-state index is 12.2.